The molecule has 6 nitrogen and oxygen atoms in total. The van der Waals surface area contributed by atoms with E-state index in [9.17, 15) is 4.79 Å². The first kappa shape index (κ1) is 20.0. The molecular weight excluding hydrogens is 420 g/mol. The smallest absolute Gasteiger partial charge is 0.230 e. The maximum Gasteiger partial charge on any atom is 0.230 e. The fourth-order valence-electron chi connectivity index (χ4n) is 3.35. The summed E-state index contributed by atoms with van der Waals surface area (Å²) in [4.78, 5) is 21.6. The number of carbonyl (C=O) groups is 1. The lowest BCUT2D eigenvalue weighted by atomic mass is 10.2. The standard InChI is InChI=1S/C25H20N4O2S/c30-24(14-20-17-32-25(28-20)18-7-2-1-3-8-18)27-19-9-6-10-22(13-19)31-16-21-15-29-12-5-4-11-23(29)26-21/h1-13,15,17H,14,16H2,(H,27,30). The Bertz CT molecular complexity index is 1330. The summed E-state index contributed by atoms with van der Waals surface area (Å²) in [6.45, 7) is 0.347. The van der Waals surface area contributed by atoms with Gasteiger partial charge in [0.2, 0.25) is 5.91 Å². The number of carbonyl (C=O) groups excluding carboxylic acids is 1. The number of hydrogen-bond donors (Lipinski definition) is 1. The Labute approximate surface area is 189 Å². The monoisotopic (exact) mass is 440 g/mol. The highest BCUT2D eigenvalue weighted by Gasteiger charge is 2.10. The van der Waals surface area contributed by atoms with Gasteiger partial charge in [0.05, 0.1) is 17.8 Å². The number of thiazole rings is 1. The lowest BCUT2D eigenvalue weighted by Gasteiger charge is -2.08. The summed E-state index contributed by atoms with van der Waals surface area (Å²) in [5.41, 5.74) is 4.21. The number of aromatic nitrogens is 3. The molecule has 0 spiro atoms. The third-order valence-corrected chi connectivity index (χ3v) is 5.77. The molecule has 0 atom stereocenters. The Hall–Kier alpha value is -3.97. The van der Waals surface area contributed by atoms with Crippen molar-refractivity contribution in [3.8, 4) is 16.3 Å². The topological polar surface area (TPSA) is 68.5 Å². The summed E-state index contributed by atoms with van der Waals surface area (Å²) in [6, 6.07) is 23.2. The highest BCUT2D eigenvalue weighted by molar-refractivity contribution is 7.13. The molecule has 0 radical (unpaired) electrons. The highest BCUT2D eigenvalue weighted by atomic mass is 32.1. The van der Waals surface area contributed by atoms with Gasteiger partial charge in [-0.3, -0.25) is 4.79 Å². The highest BCUT2D eigenvalue weighted by Crippen LogP contribution is 2.24. The van der Waals surface area contributed by atoms with Crippen LogP contribution in [0.15, 0.2) is 90.6 Å². The summed E-state index contributed by atoms with van der Waals surface area (Å²) in [7, 11) is 0. The molecule has 0 aliphatic carbocycles. The molecule has 0 saturated heterocycles. The van der Waals surface area contributed by atoms with Gasteiger partial charge in [-0.25, -0.2) is 9.97 Å². The lowest BCUT2D eigenvalue weighted by molar-refractivity contribution is -0.115. The molecule has 1 N–H and O–H groups in total. The Morgan fingerprint density at radius 2 is 1.84 bits per heavy atom. The predicted molar refractivity (Wildman–Crippen MR) is 126 cm³/mol. The minimum atomic E-state index is -0.118. The molecule has 3 heterocycles. The van der Waals surface area contributed by atoms with Gasteiger partial charge >= 0.3 is 0 Å². The molecule has 0 fully saturated rings. The van der Waals surface area contributed by atoms with Crippen LogP contribution in [0.3, 0.4) is 0 Å². The summed E-state index contributed by atoms with van der Waals surface area (Å²) < 4.78 is 7.83. The molecule has 0 bridgehead atoms. The summed E-state index contributed by atoms with van der Waals surface area (Å²) in [5, 5.41) is 5.77. The maximum atomic E-state index is 12.5. The first-order valence-corrected chi connectivity index (χ1v) is 11.1. The molecule has 2 aromatic carbocycles. The second-order valence-electron chi connectivity index (χ2n) is 7.25. The summed E-state index contributed by atoms with van der Waals surface area (Å²) in [5.74, 6) is 0.548. The van der Waals surface area contributed by atoms with E-state index >= 15 is 0 Å². The molecule has 0 aliphatic heterocycles. The number of rotatable bonds is 7. The molecule has 1 amide bonds. The van der Waals surface area contributed by atoms with E-state index in [1.165, 1.54) is 0 Å². The van der Waals surface area contributed by atoms with Gasteiger partial charge in [-0.2, -0.15) is 0 Å². The van der Waals surface area contributed by atoms with E-state index in [1.54, 1.807) is 11.3 Å². The van der Waals surface area contributed by atoms with Gasteiger partial charge < -0.3 is 14.5 Å². The van der Waals surface area contributed by atoms with E-state index in [-0.39, 0.29) is 12.3 Å². The zero-order chi connectivity index (χ0) is 21.8. The van der Waals surface area contributed by atoms with Crippen LogP contribution in [0, 0.1) is 0 Å². The Morgan fingerprint density at radius 1 is 0.969 bits per heavy atom. The van der Waals surface area contributed by atoms with Crippen LogP contribution in [0.1, 0.15) is 11.4 Å². The minimum Gasteiger partial charge on any atom is -0.487 e. The number of ether oxygens (including phenoxy) is 1. The number of amides is 1. The van der Waals surface area contributed by atoms with Crippen molar-refractivity contribution >= 4 is 28.6 Å². The van der Waals surface area contributed by atoms with Crippen LogP contribution in [0.2, 0.25) is 0 Å². The zero-order valence-corrected chi connectivity index (χ0v) is 18.0. The van der Waals surface area contributed by atoms with Crippen LogP contribution in [0.4, 0.5) is 5.69 Å². The number of benzene rings is 2. The van der Waals surface area contributed by atoms with Crippen LogP contribution in [0.5, 0.6) is 5.75 Å². The van der Waals surface area contributed by atoms with E-state index in [2.05, 4.69) is 15.3 Å². The molecule has 32 heavy (non-hydrogen) atoms. The first-order chi connectivity index (χ1) is 15.7. The molecule has 3 aromatic heterocycles. The van der Waals surface area contributed by atoms with Crippen molar-refractivity contribution in [2.75, 3.05) is 5.32 Å². The molecule has 0 unspecified atom stereocenters. The van der Waals surface area contributed by atoms with E-state index < -0.39 is 0 Å². The van der Waals surface area contributed by atoms with Crippen molar-refractivity contribution < 1.29 is 9.53 Å². The van der Waals surface area contributed by atoms with Crippen molar-refractivity contribution in [2.24, 2.45) is 0 Å². The second-order valence-corrected chi connectivity index (χ2v) is 8.11. The van der Waals surface area contributed by atoms with Crippen molar-refractivity contribution in [1.82, 2.24) is 14.4 Å². The van der Waals surface area contributed by atoms with Crippen molar-refractivity contribution in [3.63, 3.8) is 0 Å². The molecular formula is C25H20N4O2S. The largest absolute Gasteiger partial charge is 0.487 e. The molecule has 0 aliphatic rings. The third-order valence-electron chi connectivity index (χ3n) is 4.83. The van der Waals surface area contributed by atoms with Crippen LogP contribution in [0.25, 0.3) is 16.2 Å². The van der Waals surface area contributed by atoms with Crippen LogP contribution < -0.4 is 10.1 Å². The van der Waals surface area contributed by atoms with Crippen molar-refractivity contribution in [3.05, 3.63) is 102 Å². The zero-order valence-electron chi connectivity index (χ0n) is 17.1. The van der Waals surface area contributed by atoms with Crippen LogP contribution >= 0.6 is 11.3 Å². The molecule has 5 aromatic rings. The molecule has 158 valence electrons. The van der Waals surface area contributed by atoms with Gasteiger partial charge in [0.25, 0.3) is 0 Å². The second kappa shape index (κ2) is 9.03. The number of hydrogen-bond acceptors (Lipinski definition) is 5. The number of nitrogens with one attached hydrogen (secondary N) is 1. The van der Waals surface area contributed by atoms with Gasteiger partial charge in [-0.05, 0) is 24.3 Å². The van der Waals surface area contributed by atoms with Crippen LogP contribution in [-0.4, -0.2) is 20.3 Å². The van der Waals surface area contributed by atoms with E-state index in [0.29, 0.717) is 18.0 Å². The summed E-state index contributed by atoms with van der Waals surface area (Å²) in [6.07, 6.45) is 4.11. The maximum absolute atomic E-state index is 12.5. The van der Waals surface area contributed by atoms with Gasteiger partial charge in [0.1, 0.15) is 23.0 Å². The third kappa shape index (κ3) is 4.68. The number of imidazole rings is 1. The lowest BCUT2D eigenvalue weighted by Crippen LogP contribution is -2.14. The summed E-state index contributed by atoms with van der Waals surface area (Å²) >= 11 is 1.54. The van der Waals surface area contributed by atoms with Crippen molar-refractivity contribution in [2.45, 2.75) is 13.0 Å². The van der Waals surface area contributed by atoms with Crippen molar-refractivity contribution in [1.29, 1.82) is 0 Å². The Kier molecular flexibility index (Phi) is 5.63. The van der Waals surface area contributed by atoms with E-state index in [1.807, 2.05) is 95.0 Å². The molecule has 5 rings (SSSR count). The predicted octanol–water partition coefficient (Wildman–Crippen LogP) is 5.22. The molecule has 0 saturated carbocycles. The number of anilines is 1. The van der Waals surface area contributed by atoms with Gasteiger partial charge in [0.15, 0.2) is 0 Å². The Morgan fingerprint density at radius 3 is 2.72 bits per heavy atom. The fraction of sp³-hybridized carbons (Fsp3) is 0.0800. The first-order valence-electron chi connectivity index (χ1n) is 10.2. The average Bonchev–Trinajstić information content (AvgIpc) is 3.45. The van der Waals surface area contributed by atoms with Gasteiger partial charge in [0, 0.05) is 35.1 Å². The fourth-order valence-corrected chi connectivity index (χ4v) is 4.17. The SMILES string of the molecule is O=C(Cc1csc(-c2ccccc2)n1)Nc1cccc(OCc2cn3ccccc3n2)c1. The van der Waals surface area contributed by atoms with Crippen LogP contribution in [-0.2, 0) is 17.8 Å². The quantitative estimate of drug-likeness (QED) is 0.377. The van der Waals surface area contributed by atoms with E-state index in [0.717, 1.165) is 27.6 Å². The van der Waals surface area contributed by atoms with Gasteiger partial charge in [-0.15, -0.1) is 11.3 Å². The van der Waals surface area contributed by atoms with Gasteiger partial charge in [-0.1, -0.05) is 42.5 Å². The normalized spacial score (nSPS) is 10.9. The minimum absolute atomic E-state index is 0.118. The average molecular weight is 441 g/mol. The van der Waals surface area contributed by atoms with E-state index in [4.69, 9.17) is 4.74 Å². The number of fused-ring (bicyclic) bond motifs is 1. The number of pyridine rings is 1. The number of nitrogens with zero attached hydrogens (tertiary/aromatic N) is 3. The molecule has 7 heteroatoms. The Balaban J connectivity index is 1.19.